The van der Waals surface area contributed by atoms with Crippen molar-refractivity contribution in [3.05, 3.63) is 60.2 Å². The maximum absolute atomic E-state index is 12.5. The molecule has 0 saturated carbocycles. The molecule has 0 aliphatic carbocycles. The van der Waals surface area contributed by atoms with E-state index >= 15 is 0 Å². The van der Waals surface area contributed by atoms with E-state index in [1.165, 1.54) is 6.26 Å². The van der Waals surface area contributed by atoms with Gasteiger partial charge in [-0.1, -0.05) is 6.07 Å². The number of carbonyl (C=O) groups is 2. The van der Waals surface area contributed by atoms with Crippen molar-refractivity contribution in [3.63, 3.8) is 0 Å². The molecule has 1 fully saturated rings. The molecule has 7 heteroatoms. The largest absolute Gasteiger partial charge is 0.459 e. The zero-order chi connectivity index (χ0) is 19.5. The summed E-state index contributed by atoms with van der Waals surface area (Å²) in [7, 11) is 0. The molecule has 28 heavy (non-hydrogen) atoms. The van der Waals surface area contributed by atoms with E-state index in [1.807, 2.05) is 31.2 Å². The Morgan fingerprint density at radius 1 is 1.14 bits per heavy atom. The fourth-order valence-corrected chi connectivity index (χ4v) is 3.55. The van der Waals surface area contributed by atoms with Gasteiger partial charge >= 0.3 is 6.03 Å². The standard InChI is InChI=1S/C21H22N4O3/c1-14-6-7-17(16-4-2-10-22-19(14)16)24-21(27)23-15-8-11-25(12-9-15)20(26)18-5-3-13-28-18/h2-7,10,13,15H,8-9,11-12H2,1H3,(H2,23,24,27). The maximum atomic E-state index is 12.5. The van der Waals surface area contributed by atoms with E-state index < -0.39 is 0 Å². The van der Waals surface area contributed by atoms with E-state index in [4.69, 9.17) is 4.42 Å². The molecule has 1 saturated heterocycles. The minimum Gasteiger partial charge on any atom is -0.459 e. The highest BCUT2D eigenvalue weighted by molar-refractivity contribution is 6.01. The zero-order valence-electron chi connectivity index (χ0n) is 15.6. The first-order valence-corrected chi connectivity index (χ1v) is 9.36. The molecule has 3 aromatic rings. The summed E-state index contributed by atoms with van der Waals surface area (Å²) < 4.78 is 5.17. The Bertz CT molecular complexity index is 992. The number of benzene rings is 1. The Morgan fingerprint density at radius 2 is 1.96 bits per heavy atom. The third-order valence-electron chi connectivity index (χ3n) is 5.07. The summed E-state index contributed by atoms with van der Waals surface area (Å²) in [5.41, 5.74) is 2.68. The van der Waals surface area contributed by atoms with Crippen LogP contribution in [0.2, 0.25) is 0 Å². The predicted octanol–water partition coefficient (Wildman–Crippen LogP) is 3.56. The number of piperidine rings is 1. The molecule has 0 bridgehead atoms. The molecule has 3 amide bonds. The normalized spacial score (nSPS) is 14.8. The number of furan rings is 1. The van der Waals surface area contributed by atoms with Gasteiger partial charge in [0.15, 0.2) is 5.76 Å². The summed E-state index contributed by atoms with van der Waals surface area (Å²) in [4.78, 5) is 30.9. The van der Waals surface area contributed by atoms with Crippen LogP contribution >= 0.6 is 0 Å². The third-order valence-corrected chi connectivity index (χ3v) is 5.07. The Hall–Kier alpha value is -3.35. The first-order valence-electron chi connectivity index (χ1n) is 9.36. The van der Waals surface area contributed by atoms with Crippen molar-refractivity contribution in [1.82, 2.24) is 15.2 Å². The van der Waals surface area contributed by atoms with Gasteiger partial charge in [0.05, 0.1) is 17.5 Å². The van der Waals surface area contributed by atoms with E-state index in [-0.39, 0.29) is 18.0 Å². The van der Waals surface area contributed by atoms with Gasteiger partial charge in [-0.2, -0.15) is 0 Å². The molecule has 0 spiro atoms. The van der Waals surface area contributed by atoms with Crippen molar-refractivity contribution < 1.29 is 14.0 Å². The SMILES string of the molecule is Cc1ccc(NC(=O)NC2CCN(C(=O)c3ccco3)CC2)c2cccnc12. The molecule has 0 unspecified atom stereocenters. The molecule has 0 radical (unpaired) electrons. The Labute approximate surface area is 162 Å². The smallest absolute Gasteiger partial charge is 0.319 e. The second-order valence-corrected chi connectivity index (χ2v) is 6.97. The average molecular weight is 378 g/mol. The molecule has 1 aromatic carbocycles. The average Bonchev–Trinajstić information content (AvgIpc) is 3.25. The topological polar surface area (TPSA) is 87.5 Å². The molecule has 3 heterocycles. The lowest BCUT2D eigenvalue weighted by Gasteiger charge is -2.31. The van der Waals surface area contributed by atoms with E-state index in [2.05, 4.69) is 15.6 Å². The highest BCUT2D eigenvalue weighted by atomic mass is 16.3. The van der Waals surface area contributed by atoms with E-state index in [0.717, 1.165) is 22.2 Å². The van der Waals surface area contributed by atoms with Crippen molar-refractivity contribution in [2.75, 3.05) is 18.4 Å². The van der Waals surface area contributed by atoms with Crippen LogP contribution in [0.25, 0.3) is 10.9 Å². The number of nitrogens with zero attached hydrogens (tertiary/aromatic N) is 2. The van der Waals surface area contributed by atoms with Crippen LogP contribution in [-0.2, 0) is 0 Å². The zero-order valence-corrected chi connectivity index (χ0v) is 15.6. The van der Waals surface area contributed by atoms with Gasteiger partial charge < -0.3 is 20.0 Å². The second kappa shape index (κ2) is 7.72. The van der Waals surface area contributed by atoms with Crippen molar-refractivity contribution in [2.45, 2.75) is 25.8 Å². The van der Waals surface area contributed by atoms with Gasteiger partial charge in [-0.25, -0.2) is 4.79 Å². The van der Waals surface area contributed by atoms with Crippen LogP contribution in [0.15, 0.2) is 53.3 Å². The number of pyridine rings is 1. The van der Waals surface area contributed by atoms with Crippen LogP contribution in [0.4, 0.5) is 10.5 Å². The van der Waals surface area contributed by atoms with Gasteiger partial charge in [-0.15, -0.1) is 0 Å². The minimum atomic E-state index is -0.246. The number of nitrogens with one attached hydrogen (secondary N) is 2. The first-order chi connectivity index (χ1) is 13.6. The Morgan fingerprint density at radius 3 is 2.71 bits per heavy atom. The van der Waals surface area contributed by atoms with Crippen LogP contribution in [0.5, 0.6) is 0 Å². The van der Waals surface area contributed by atoms with Crippen LogP contribution in [-0.4, -0.2) is 41.0 Å². The van der Waals surface area contributed by atoms with Gasteiger partial charge in [-0.05, 0) is 55.7 Å². The molecule has 7 nitrogen and oxygen atoms in total. The maximum Gasteiger partial charge on any atom is 0.319 e. The lowest BCUT2D eigenvalue weighted by atomic mass is 10.0. The van der Waals surface area contributed by atoms with Crippen LogP contribution in [0.1, 0.15) is 29.0 Å². The summed E-state index contributed by atoms with van der Waals surface area (Å²) in [5.74, 6) is 0.246. The van der Waals surface area contributed by atoms with Gasteiger partial charge in [0.2, 0.25) is 0 Å². The van der Waals surface area contributed by atoms with Crippen molar-refractivity contribution in [2.24, 2.45) is 0 Å². The van der Waals surface area contributed by atoms with Gasteiger partial charge in [-0.3, -0.25) is 9.78 Å². The summed E-state index contributed by atoms with van der Waals surface area (Å²) in [6, 6.07) is 10.8. The van der Waals surface area contributed by atoms with E-state index in [1.54, 1.807) is 23.2 Å². The first kappa shape index (κ1) is 18.0. The fraction of sp³-hybridized carbons (Fsp3) is 0.286. The molecule has 144 valence electrons. The van der Waals surface area contributed by atoms with Crippen molar-refractivity contribution in [1.29, 1.82) is 0 Å². The van der Waals surface area contributed by atoms with E-state index in [9.17, 15) is 9.59 Å². The minimum absolute atomic E-state index is 0.0236. The molecule has 2 N–H and O–H groups in total. The highest BCUT2D eigenvalue weighted by Crippen LogP contribution is 2.24. The second-order valence-electron chi connectivity index (χ2n) is 6.97. The number of urea groups is 1. The number of anilines is 1. The van der Waals surface area contributed by atoms with Gasteiger partial charge in [0.1, 0.15) is 0 Å². The summed E-state index contributed by atoms with van der Waals surface area (Å²) in [6.45, 7) is 3.17. The van der Waals surface area contributed by atoms with Crippen LogP contribution in [0, 0.1) is 6.92 Å². The lowest BCUT2D eigenvalue weighted by Crippen LogP contribution is -2.47. The molecule has 1 aliphatic rings. The predicted molar refractivity (Wildman–Crippen MR) is 106 cm³/mol. The van der Waals surface area contributed by atoms with Gasteiger partial charge in [0, 0.05) is 30.7 Å². The monoisotopic (exact) mass is 378 g/mol. The van der Waals surface area contributed by atoms with Crippen LogP contribution < -0.4 is 10.6 Å². The molecule has 4 rings (SSSR count). The Balaban J connectivity index is 1.34. The highest BCUT2D eigenvalue weighted by Gasteiger charge is 2.25. The number of rotatable bonds is 3. The third kappa shape index (κ3) is 3.69. The summed E-state index contributed by atoms with van der Waals surface area (Å²) >= 11 is 0. The summed E-state index contributed by atoms with van der Waals surface area (Å²) in [5, 5.41) is 6.85. The number of aromatic nitrogens is 1. The number of hydrogen-bond donors (Lipinski definition) is 2. The molecule has 2 aromatic heterocycles. The molecule has 1 aliphatic heterocycles. The van der Waals surface area contributed by atoms with Crippen LogP contribution in [0.3, 0.4) is 0 Å². The molecule has 0 atom stereocenters. The van der Waals surface area contributed by atoms with Gasteiger partial charge in [0.25, 0.3) is 5.91 Å². The number of aryl methyl sites for hydroxylation is 1. The number of likely N-dealkylation sites (tertiary alicyclic amines) is 1. The quantitative estimate of drug-likeness (QED) is 0.729. The number of carbonyl (C=O) groups excluding carboxylic acids is 2. The lowest BCUT2D eigenvalue weighted by molar-refractivity contribution is 0.0676. The molecular weight excluding hydrogens is 356 g/mol. The van der Waals surface area contributed by atoms with E-state index in [0.29, 0.717) is 31.7 Å². The van der Waals surface area contributed by atoms with Crippen molar-refractivity contribution in [3.8, 4) is 0 Å². The fourth-order valence-electron chi connectivity index (χ4n) is 3.55. The number of amides is 3. The van der Waals surface area contributed by atoms with Crippen molar-refractivity contribution >= 4 is 28.5 Å². The Kier molecular flexibility index (Phi) is 4.97. The number of hydrogen-bond acceptors (Lipinski definition) is 4. The molecular formula is C21H22N4O3. The number of fused-ring (bicyclic) bond motifs is 1. The summed E-state index contributed by atoms with van der Waals surface area (Å²) in [6.07, 6.45) is 4.65.